The predicted octanol–water partition coefficient (Wildman–Crippen LogP) is 5.39. The van der Waals surface area contributed by atoms with Gasteiger partial charge in [-0.25, -0.2) is 9.97 Å². The molecule has 0 aliphatic heterocycles. The summed E-state index contributed by atoms with van der Waals surface area (Å²) in [6.45, 7) is 9.12. The van der Waals surface area contributed by atoms with Crippen molar-refractivity contribution in [2.45, 2.75) is 76.5 Å². The zero-order valence-corrected chi connectivity index (χ0v) is 28.2. The predicted molar refractivity (Wildman–Crippen MR) is 165 cm³/mol. The van der Waals surface area contributed by atoms with Gasteiger partial charge in [0.2, 0.25) is 19.5 Å². The Bertz CT molecular complexity index is 1530. The van der Waals surface area contributed by atoms with Gasteiger partial charge >= 0.3 is 19.5 Å². The molecule has 0 saturated heterocycles. The SMILES string of the molecule is COc1ccc(Sc2nc(N)nc3c2ncn3CC2(OCP(=O)(OCOC(=O)C(C)(C)C)OCOC(=O)C(C)(C)C)CC2)cc1. The van der Waals surface area contributed by atoms with Gasteiger partial charge in [0.25, 0.3) is 0 Å². The third kappa shape index (κ3) is 9.39. The molecule has 0 bridgehead atoms. The number of hydrogen-bond acceptors (Lipinski definition) is 14. The number of nitrogen functional groups attached to an aromatic ring is 1. The van der Waals surface area contributed by atoms with E-state index < -0.39 is 55.9 Å². The van der Waals surface area contributed by atoms with Crippen LogP contribution >= 0.6 is 19.4 Å². The van der Waals surface area contributed by atoms with Gasteiger partial charge in [-0.3, -0.25) is 23.2 Å². The number of esters is 2. The van der Waals surface area contributed by atoms with Gasteiger partial charge < -0.3 is 29.2 Å². The van der Waals surface area contributed by atoms with Crippen LogP contribution in [0.4, 0.5) is 5.95 Å². The highest BCUT2D eigenvalue weighted by Crippen LogP contribution is 2.52. The molecule has 0 amide bonds. The molecule has 1 aliphatic rings. The Kier molecular flexibility index (Phi) is 10.5. The Morgan fingerprint density at radius 1 is 0.978 bits per heavy atom. The van der Waals surface area contributed by atoms with Gasteiger partial charge in [-0.2, -0.15) is 4.98 Å². The number of rotatable bonds is 14. The minimum absolute atomic E-state index is 0.0898. The zero-order chi connectivity index (χ0) is 33.0. The van der Waals surface area contributed by atoms with Crippen LogP contribution in [-0.4, -0.2) is 64.1 Å². The summed E-state index contributed by atoms with van der Waals surface area (Å²) in [5.41, 5.74) is 4.85. The number of carbonyl (C=O) groups is 2. The van der Waals surface area contributed by atoms with Gasteiger partial charge in [0.05, 0.1) is 36.4 Å². The number of methoxy groups -OCH3 is 1. The monoisotopic (exact) mass is 665 g/mol. The summed E-state index contributed by atoms with van der Waals surface area (Å²) < 4.78 is 47.8. The van der Waals surface area contributed by atoms with Gasteiger partial charge in [-0.1, -0.05) is 11.8 Å². The maximum absolute atomic E-state index is 13.6. The number of ether oxygens (including phenoxy) is 4. The first-order valence-electron chi connectivity index (χ1n) is 14.2. The van der Waals surface area contributed by atoms with Crippen LogP contribution in [0.2, 0.25) is 0 Å². The summed E-state index contributed by atoms with van der Waals surface area (Å²) >= 11 is 1.40. The molecule has 16 heteroatoms. The number of hydrogen-bond donors (Lipinski definition) is 1. The highest BCUT2D eigenvalue weighted by Gasteiger charge is 2.47. The van der Waals surface area contributed by atoms with E-state index in [1.54, 1.807) is 59.5 Å². The van der Waals surface area contributed by atoms with Crippen LogP contribution in [0.25, 0.3) is 11.2 Å². The molecule has 4 rings (SSSR count). The molecule has 1 aliphatic carbocycles. The molecule has 2 N–H and O–H groups in total. The van der Waals surface area contributed by atoms with Gasteiger partial charge in [0, 0.05) is 4.90 Å². The van der Waals surface area contributed by atoms with Crippen LogP contribution in [0.5, 0.6) is 5.75 Å². The molecule has 0 radical (unpaired) electrons. The van der Waals surface area contributed by atoms with Crippen molar-refractivity contribution >= 4 is 48.4 Å². The first-order chi connectivity index (χ1) is 21.0. The summed E-state index contributed by atoms with van der Waals surface area (Å²) in [6, 6.07) is 7.53. The summed E-state index contributed by atoms with van der Waals surface area (Å²) in [4.78, 5) is 38.6. The van der Waals surface area contributed by atoms with Gasteiger partial charge in [-0.05, 0) is 78.6 Å². The second kappa shape index (κ2) is 13.6. The highest BCUT2D eigenvalue weighted by atomic mass is 32.2. The maximum Gasteiger partial charge on any atom is 0.361 e. The summed E-state index contributed by atoms with van der Waals surface area (Å²) in [6.07, 6.45) is 2.46. The first-order valence-corrected chi connectivity index (χ1v) is 16.7. The number of fused-ring (bicyclic) bond motifs is 1. The molecule has 3 aromatic rings. The Hall–Kier alpha value is -3.23. The number of aromatic nitrogens is 4. The Labute approximate surface area is 266 Å². The zero-order valence-electron chi connectivity index (χ0n) is 26.5. The van der Waals surface area contributed by atoms with Crippen LogP contribution in [0.1, 0.15) is 54.4 Å². The molecule has 0 spiro atoms. The van der Waals surface area contributed by atoms with E-state index in [-0.39, 0.29) is 5.95 Å². The molecule has 2 heterocycles. The van der Waals surface area contributed by atoms with E-state index in [9.17, 15) is 14.2 Å². The van der Waals surface area contributed by atoms with Crippen molar-refractivity contribution in [3.8, 4) is 5.75 Å². The molecule has 246 valence electrons. The third-order valence-electron chi connectivity index (χ3n) is 6.62. The first kappa shape index (κ1) is 34.6. The van der Waals surface area contributed by atoms with Crippen molar-refractivity contribution in [3.05, 3.63) is 30.6 Å². The van der Waals surface area contributed by atoms with Crippen LogP contribution in [-0.2, 0) is 44.0 Å². The fourth-order valence-electron chi connectivity index (χ4n) is 3.76. The average molecular weight is 666 g/mol. The summed E-state index contributed by atoms with van der Waals surface area (Å²) in [5.74, 6) is -0.272. The standard InChI is InChI=1S/C29H40N5O9PS/c1-27(2,3)24(35)39-16-42-44(37,43-17-40-25(36)28(4,5)6)18-41-29(12-13-29)14-34-15-31-21-22(34)32-26(30)33-23(21)45-20-10-8-19(38-7)9-11-20/h8-11,15H,12-14,16-18H2,1-7H3,(H2,30,32,33). The van der Waals surface area contributed by atoms with Crippen molar-refractivity contribution < 1.29 is 42.1 Å². The molecular weight excluding hydrogens is 625 g/mol. The molecule has 1 fully saturated rings. The Morgan fingerprint density at radius 3 is 2.07 bits per heavy atom. The number of imidazole rings is 1. The molecule has 1 saturated carbocycles. The number of nitrogens with two attached hydrogens (primary N) is 1. The molecule has 2 aromatic heterocycles. The normalized spacial score (nSPS) is 14.7. The number of benzene rings is 1. The number of carbonyl (C=O) groups excluding carboxylic acids is 2. The van der Waals surface area contributed by atoms with Crippen LogP contribution in [0.15, 0.2) is 40.5 Å². The van der Waals surface area contributed by atoms with Gasteiger partial charge in [0.15, 0.2) is 5.65 Å². The molecular formula is C29H40N5O9PS. The van der Waals surface area contributed by atoms with E-state index in [1.807, 2.05) is 24.3 Å². The van der Waals surface area contributed by atoms with E-state index in [2.05, 4.69) is 15.0 Å². The Morgan fingerprint density at radius 2 is 1.56 bits per heavy atom. The molecule has 14 nitrogen and oxygen atoms in total. The second-order valence-electron chi connectivity index (χ2n) is 12.6. The van der Waals surface area contributed by atoms with Crippen LogP contribution < -0.4 is 10.5 Å². The third-order valence-corrected chi connectivity index (χ3v) is 9.05. The van der Waals surface area contributed by atoms with Crippen LogP contribution in [0, 0.1) is 10.8 Å². The molecule has 45 heavy (non-hydrogen) atoms. The lowest BCUT2D eigenvalue weighted by Gasteiger charge is -2.24. The second-order valence-corrected chi connectivity index (χ2v) is 15.7. The fourth-order valence-corrected chi connectivity index (χ4v) is 5.71. The average Bonchev–Trinajstić information content (AvgIpc) is 3.62. The van der Waals surface area contributed by atoms with Gasteiger partial charge in [-0.15, -0.1) is 0 Å². The van der Waals surface area contributed by atoms with Crippen LogP contribution in [0.3, 0.4) is 0 Å². The molecule has 1 aromatic carbocycles. The van der Waals surface area contributed by atoms with Crippen molar-refractivity contribution in [2.24, 2.45) is 10.8 Å². The number of nitrogens with zero attached hydrogens (tertiary/aromatic N) is 4. The lowest BCUT2D eigenvalue weighted by atomic mass is 9.98. The quantitative estimate of drug-likeness (QED) is 0.100. The lowest BCUT2D eigenvalue weighted by Crippen LogP contribution is -2.26. The van der Waals surface area contributed by atoms with Crippen molar-refractivity contribution in [3.63, 3.8) is 0 Å². The summed E-state index contributed by atoms with van der Waals surface area (Å²) in [7, 11) is -2.45. The van der Waals surface area contributed by atoms with Crippen molar-refractivity contribution in [1.29, 1.82) is 0 Å². The largest absolute Gasteiger partial charge is 0.497 e. The van der Waals surface area contributed by atoms with Crippen molar-refractivity contribution in [2.75, 3.05) is 32.8 Å². The minimum Gasteiger partial charge on any atom is -0.497 e. The molecule has 0 unspecified atom stereocenters. The van der Waals surface area contributed by atoms with E-state index in [1.165, 1.54) is 11.8 Å². The smallest absolute Gasteiger partial charge is 0.361 e. The van der Waals surface area contributed by atoms with E-state index >= 15 is 0 Å². The van der Waals surface area contributed by atoms with E-state index in [0.717, 1.165) is 10.6 Å². The Balaban J connectivity index is 1.45. The van der Waals surface area contributed by atoms with Gasteiger partial charge in [0.1, 0.15) is 22.6 Å². The fraction of sp³-hybridized carbons (Fsp3) is 0.552. The number of anilines is 1. The molecule has 0 atom stereocenters. The topological polar surface area (TPSA) is 176 Å². The summed E-state index contributed by atoms with van der Waals surface area (Å²) in [5, 5.41) is 0.591. The lowest BCUT2D eigenvalue weighted by molar-refractivity contribution is -0.162. The minimum atomic E-state index is -4.05. The van der Waals surface area contributed by atoms with Crippen molar-refractivity contribution in [1.82, 2.24) is 19.5 Å². The van der Waals surface area contributed by atoms with E-state index in [0.29, 0.717) is 35.6 Å². The highest BCUT2D eigenvalue weighted by molar-refractivity contribution is 7.99. The maximum atomic E-state index is 13.6. The van der Waals surface area contributed by atoms with E-state index in [4.69, 9.17) is 33.7 Å².